The topological polar surface area (TPSA) is 75.6 Å². The van der Waals surface area contributed by atoms with Gasteiger partial charge in [-0.25, -0.2) is 4.79 Å². The Bertz CT molecular complexity index is 511. The Balaban J connectivity index is 2.21. The van der Waals surface area contributed by atoms with E-state index >= 15 is 0 Å². The second-order valence-corrected chi connectivity index (χ2v) is 6.33. The summed E-state index contributed by atoms with van der Waals surface area (Å²) in [6.45, 7) is 6.04. The largest absolute Gasteiger partial charge is 0.479 e. The Morgan fingerprint density at radius 3 is 2.70 bits per heavy atom. The highest BCUT2D eigenvalue weighted by Crippen LogP contribution is 2.51. The highest BCUT2D eigenvalue weighted by atomic mass is 32.1. The van der Waals surface area contributed by atoms with Gasteiger partial charge in [0.1, 0.15) is 5.54 Å². The summed E-state index contributed by atoms with van der Waals surface area (Å²) in [6, 6.07) is 1.68. The van der Waals surface area contributed by atoms with E-state index < -0.39 is 16.9 Å². The molecule has 20 heavy (non-hydrogen) atoms. The number of carbonyl (C=O) groups excluding carboxylic acids is 1. The van der Waals surface area contributed by atoms with Gasteiger partial charge in [0.15, 0.2) is 0 Å². The molecular weight excluding hydrogens is 278 g/mol. The molecule has 2 rings (SSSR count). The van der Waals surface area contributed by atoms with Gasteiger partial charge in [0, 0.05) is 23.8 Å². The van der Waals surface area contributed by atoms with Crippen molar-refractivity contribution in [3.8, 4) is 0 Å². The van der Waals surface area contributed by atoms with Crippen LogP contribution in [0.1, 0.15) is 37.6 Å². The van der Waals surface area contributed by atoms with Gasteiger partial charge in [0.2, 0.25) is 0 Å². The highest BCUT2D eigenvalue weighted by molar-refractivity contribution is 7.08. The van der Waals surface area contributed by atoms with Gasteiger partial charge >= 0.3 is 5.97 Å². The second-order valence-electron chi connectivity index (χ2n) is 5.55. The SMILES string of the molecule is CCO[C@H]1C[C@](NC(=O)c2ccsc2)(C(=O)O)C1(C)C. The summed E-state index contributed by atoms with van der Waals surface area (Å²) in [4.78, 5) is 23.9. The minimum absolute atomic E-state index is 0.161. The predicted octanol–water partition coefficient (Wildman–Crippen LogP) is 2.14. The third kappa shape index (κ3) is 2.13. The lowest BCUT2D eigenvalue weighted by Gasteiger charge is -2.58. The Hall–Kier alpha value is -1.40. The van der Waals surface area contributed by atoms with Gasteiger partial charge in [-0.1, -0.05) is 13.8 Å². The molecule has 2 atom stereocenters. The third-order valence-electron chi connectivity index (χ3n) is 4.24. The number of nitrogens with one attached hydrogen (secondary N) is 1. The average Bonchev–Trinajstić information content (AvgIpc) is 2.90. The molecular formula is C14H19NO4S. The molecule has 1 fully saturated rings. The number of carboxylic acids is 1. The second kappa shape index (κ2) is 5.18. The minimum atomic E-state index is -1.27. The fourth-order valence-electron chi connectivity index (χ4n) is 2.70. The van der Waals surface area contributed by atoms with E-state index in [-0.39, 0.29) is 12.0 Å². The van der Waals surface area contributed by atoms with Crippen molar-refractivity contribution in [2.75, 3.05) is 6.61 Å². The molecule has 0 radical (unpaired) electrons. The van der Waals surface area contributed by atoms with E-state index in [4.69, 9.17) is 4.74 Å². The van der Waals surface area contributed by atoms with Crippen LogP contribution < -0.4 is 5.32 Å². The smallest absolute Gasteiger partial charge is 0.330 e. The van der Waals surface area contributed by atoms with E-state index in [1.54, 1.807) is 16.8 Å². The number of rotatable bonds is 5. The summed E-state index contributed by atoms with van der Waals surface area (Å²) >= 11 is 1.40. The van der Waals surface area contributed by atoms with Gasteiger partial charge in [0.05, 0.1) is 11.7 Å². The fraction of sp³-hybridized carbons (Fsp3) is 0.571. The first-order valence-corrected chi connectivity index (χ1v) is 7.49. The molecule has 1 heterocycles. The number of carbonyl (C=O) groups is 2. The Morgan fingerprint density at radius 1 is 1.55 bits per heavy atom. The van der Waals surface area contributed by atoms with Crippen LogP contribution in [0.15, 0.2) is 16.8 Å². The number of carboxylic acid groups (broad SMARTS) is 1. The van der Waals surface area contributed by atoms with Crippen LogP contribution in [0, 0.1) is 5.41 Å². The van der Waals surface area contributed by atoms with Crippen LogP contribution in [0.4, 0.5) is 0 Å². The zero-order valence-electron chi connectivity index (χ0n) is 11.8. The standard InChI is InChI=1S/C14H19NO4S/c1-4-19-10-7-14(12(17)18,13(10,2)3)15-11(16)9-5-6-20-8-9/h5-6,8,10H,4,7H2,1-3H3,(H,15,16)(H,17,18)/t10-,14-/m0/s1. The van der Waals surface area contributed by atoms with E-state index in [2.05, 4.69) is 5.32 Å². The summed E-state index contributed by atoms with van der Waals surface area (Å²) in [5.41, 5.74) is -1.43. The lowest BCUT2D eigenvalue weighted by Crippen LogP contribution is -2.76. The van der Waals surface area contributed by atoms with Crippen molar-refractivity contribution in [3.05, 3.63) is 22.4 Å². The van der Waals surface area contributed by atoms with Gasteiger partial charge < -0.3 is 15.2 Å². The summed E-state index contributed by atoms with van der Waals surface area (Å²) in [5, 5.41) is 15.8. The summed E-state index contributed by atoms with van der Waals surface area (Å²) in [7, 11) is 0. The fourth-order valence-corrected chi connectivity index (χ4v) is 3.33. The molecule has 0 bridgehead atoms. The number of hydrogen-bond acceptors (Lipinski definition) is 4. The molecule has 1 amide bonds. The zero-order chi connectivity index (χ0) is 15.0. The molecule has 5 nitrogen and oxygen atoms in total. The number of hydrogen-bond donors (Lipinski definition) is 2. The van der Waals surface area contributed by atoms with Gasteiger partial charge in [-0.15, -0.1) is 0 Å². The van der Waals surface area contributed by atoms with Crippen LogP contribution in [0.5, 0.6) is 0 Å². The van der Waals surface area contributed by atoms with Crippen molar-refractivity contribution < 1.29 is 19.4 Å². The molecule has 2 N–H and O–H groups in total. The molecule has 6 heteroatoms. The highest BCUT2D eigenvalue weighted by Gasteiger charge is 2.66. The van der Waals surface area contributed by atoms with Gasteiger partial charge in [-0.3, -0.25) is 4.79 Å². The molecule has 110 valence electrons. The first-order chi connectivity index (χ1) is 9.35. The summed E-state index contributed by atoms with van der Waals surface area (Å²) < 4.78 is 5.56. The number of thiophene rings is 1. The normalized spacial score (nSPS) is 27.6. The molecule has 0 spiro atoms. The van der Waals surface area contributed by atoms with E-state index in [9.17, 15) is 14.7 Å². The first-order valence-electron chi connectivity index (χ1n) is 6.55. The van der Waals surface area contributed by atoms with Crippen molar-refractivity contribution in [2.24, 2.45) is 5.41 Å². The average molecular weight is 297 g/mol. The zero-order valence-corrected chi connectivity index (χ0v) is 12.6. The quantitative estimate of drug-likeness (QED) is 0.873. The van der Waals surface area contributed by atoms with Gasteiger partial charge in [-0.2, -0.15) is 11.3 Å². The monoisotopic (exact) mass is 297 g/mol. The van der Waals surface area contributed by atoms with Crippen molar-refractivity contribution in [1.29, 1.82) is 0 Å². The maximum absolute atomic E-state index is 12.2. The van der Waals surface area contributed by atoms with Crippen molar-refractivity contribution in [1.82, 2.24) is 5.32 Å². The van der Waals surface area contributed by atoms with Gasteiger partial charge in [-0.05, 0) is 18.4 Å². The molecule has 1 saturated carbocycles. The molecule has 1 aromatic heterocycles. The van der Waals surface area contributed by atoms with Crippen LogP contribution in [0.2, 0.25) is 0 Å². The third-order valence-corrected chi connectivity index (χ3v) is 4.92. The van der Waals surface area contributed by atoms with Crippen molar-refractivity contribution in [2.45, 2.75) is 38.8 Å². The Morgan fingerprint density at radius 2 is 2.25 bits per heavy atom. The maximum Gasteiger partial charge on any atom is 0.330 e. The van der Waals surface area contributed by atoms with E-state index in [0.29, 0.717) is 18.6 Å². The lowest BCUT2D eigenvalue weighted by atomic mass is 9.54. The number of amides is 1. The molecule has 0 saturated heterocycles. The van der Waals surface area contributed by atoms with Crippen LogP contribution in [-0.4, -0.2) is 35.2 Å². The van der Waals surface area contributed by atoms with Crippen molar-refractivity contribution >= 4 is 23.2 Å². The van der Waals surface area contributed by atoms with Crippen LogP contribution >= 0.6 is 11.3 Å². The van der Waals surface area contributed by atoms with E-state index in [1.807, 2.05) is 20.8 Å². The molecule has 1 aromatic rings. The molecule has 0 aromatic carbocycles. The lowest BCUT2D eigenvalue weighted by molar-refractivity contribution is -0.190. The molecule has 1 aliphatic rings. The van der Waals surface area contributed by atoms with Crippen LogP contribution in [0.25, 0.3) is 0 Å². The van der Waals surface area contributed by atoms with Crippen molar-refractivity contribution in [3.63, 3.8) is 0 Å². The summed E-state index contributed by atoms with van der Waals surface area (Å²) in [6.07, 6.45) is 0.130. The predicted molar refractivity (Wildman–Crippen MR) is 76.0 cm³/mol. The van der Waals surface area contributed by atoms with Crippen LogP contribution in [-0.2, 0) is 9.53 Å². The Labute approximate surface area is 121 Å². The maximum atomic E-state index is 12.2. The number of aliphatic carboxylic acids is 1. The minimum Gasteiger partial charge on any atom is -0.479 e. The molecule has 0 aliphatic heterocycles. The van der Waals surface area contributed by atoms with Crippen LogP contribution in [0.3, 0.4) is 0 Å². The number of ether oxygens (including phenoxy) is 1. The molecule has 0 unspecified atom stereocenters. The first kappa shape index (κ1) is 15.0. The molecule has 1 aliphatic carbocycles. The Kier molecular flexibility index (Phi) is 3.88. The summed E-state index contributed by atoms with van der Waals surface area (Å²) in [5.74, 6) is -1.36. The van der Waals surface area contributed by atoms with E-state index in [1.165, 1.54) is 11.3 Å². The van der Waals surface area contributed by atoms with E-state index in [0.717, 1.165) is 0 Å². The van der Waals surface area contributed by atoms with Gasteiger partial charge in [0.25, 0.3) is 5.91 Å².